The minimum absolute atomic E-state index is 0.158. The topological polar surface area (TPSA) is 46.2 Å². The van der Waals surface area contributed by atoms with E-state index in [0.29, 0.717) is 5.41 Å². The summed E-state index contributed by atoms with van der Waals surface area (Å²) in [6, 6.07) is 0.158. The second-order valence-electron chi connectivity index (χ2n) is 5.65. The van der Waals surface area contributed by atoms with E-state index in [-0.39, 0.29) is 11.3 Å². The molecule has 0 amide bonds. The van der Waals surface area contributed by atoms with Gasteiger partial charge >= 0.3 is 0 Å². The van der Waals surface area contributed by atoms with Crippen LogP contribution in [0.5, 0.6) is 0 Å². The lowest BCUT2D eigenvalue weighted by Crippen LogP contribution is -2.42. The number of hydrogen-bond acceptors (Lipinski definition) is 2. The molecule has 4 heteroatoms. The summed E-state index contributed by atoms with van der Waals surface area (Å²) in [5.74, 6) is 0. The molecule has 15 heavy (non-hydrogen) atoms. The van der Waals surface area contributed by atoms with Gasteiger partial charge in [0.1, 0.15) is 0 Å². The quantitative estimate of drug-likeness (QED) is 0.813. The molecule has 0 aromatic heterocycles. The van der Waals surface area contributed by atoms with Crippen LogP contribution in [0, 0.1) is 5.41 Å². The van der Waals surface area contributed by atoms with Crippen LogP contribution in [-0.4, -0.2) is 19.7 Å². The minimum Gasteiger partial charge on any atom is -0.212 e. The van der Waals surface area contributed by atoms with Gasteiger partial charge in [-0.05, 0) is 44.9 Å². The zero-order valence-corrected chi connectivity index (χ0v) is 11.0. The summed E-state index contributed by atoms with van der Waals surface area (Å²) < 4.78 is 26.1. The van der Waals surface area contributed by atoms with Crippen LogP contribution in [0.4, 0.5) is 0 Å². The lowest BCUT2D eigenvalue weighted by Gasteiger charge is -2.34. The molecule has 0 heterocycles. The number of hydrogen-bond donors (Lipinski definition) is 1. The molecule has 1 fully saturated rings. The van der Waals surface area contributed by atoms with Gasteiger partial charge in [-0.2, -0.15) is 0 Å². The number of nitrogens with one attached hydrogen (secondary N) is 1. The average molecular weight is 233 g/mol. The molecule has 0 atom stereocenters. The first-order chi connectivity index (χ1) is 6.73. The molecule has 1 saturated carbocycles. The van der Waals surface area contributed by atoms with Crippen LogP contribution >= 0.6 is 0 Å². The molecule has 0 spiro atoms. The van der Waals surface area contributed by atoms with Gasteiger partial charge in [0, 0.05) is 6.04 Å². The van der Waals surface area contributed by atoms with Crippen molar-refractivity contribution >= 4 is 10.0 Å². The van der Waals surface area contributed by atoms with E-state index >= 15 is 0 Å². The fourth-order valence-corrected chi connectivity index (χ4v) is 2.86. The smallest absolute Gasteiger partial charge is 0.212 e. The van der Waals surface area contributed by atoms with Crippen LogP contribution in [0.2, 0.25) is 0 Å². The van der Waals surface area contributed by atoms with Crippen molar-refractivity contribution in [3.8, 4) is 0 Å². The van der Waals surface area contributed by atoms with Gasteiger partial charge in [-0.15, -0.1) is 0 Å². The lowest BCUT2D eigenvalue weighted by molar-refractivity contribution is 0.218. The van der Waals surface area contributed by atoms with E-state index in [1.165, 1.54) is 0 Å². The molecule has 0 bridgehead atoms. The Balaban J connectivity index is 2.50. The first-order valence-corrected chi connectivity index (χ1v) is 7.29. The van der Waals surface area contributed by atoms with Gasteiger partial charge in [0.05, 0.1) is 5.25 Å². The van der Waals surface area contributed by atoms with Crippen LogP contribution in [0.1, 0.15) is 53.4 Å². The Morgan fingerprint density at radius 2 is 1.67 bits per heavy atom. The van der Waals surface area contributed by atoms with Gasteiger partial charge in [0.15, 0.2) is 0 Å². The highest BCUT2D eigenvalue weighted by atomic mass is 32.2. The SMILES string of the molecule is CC(C)S(=O)(=O)NC1CCC(C)(C)CC1. The zero-order chi connectivity index (χ0) is 11.7. The number of sulfonamides is 1. The Morgan fingerprint density at radius 3 is 2.07 bits per heavy atom. The Kier molecular flexibility index (Phi) is 3.82. The Morgan fingerprint density at radius 1 is 1.20 bits per heavy atom. The molecule has 0 radical (unpaired) electrons. The van der Waals surface area contributed by atoms with E-state index in [1.54, 1.807) is 13.8 Å². The van der Waals surface area contributed by atoms with Gasteiger partial charge in [-0.1, -0.05) is 13.8 Å². The Bertz CT molecular complexity index is 297. The summed E-state index contributed by atoms with van der Waals surface area (Å²) in [4.78, 5) is 0. The van der Waals surface area contributed by atoms with Crippen LogP contribution in [-0.2, 0) is 10.0 Å². The van der Waals surface area contributed by atoms with E-state index < -0.39 is 10.0 Å². The summed E-state index contributed by atoms with van der Waals surface area (Å²) in [6.07, 6.45) is 4.16. The molecule has 1 aliphatic carbocycles. The summed E-state index contributed by atoms with van der Waals surface area (Å²) in [5.41, 5.74) is 0.389. The van der Waals surface area contributed by atoms with Crippen molar-refractivity contribution in [3.63, 3.8) is 0 Å². The third kappa shape index (κ3) is 3.76. The average Bonchev–Trinajstić information content (AvgIpc) is 2.08. The molecule has 0 unspecified atom stereocenters. The van der Waals surface area contributed by atoms with E-state index in [4.69, 9.17) is 0 Å². The fraction of sp³-hybridized carbons (Fsp3) is 1.00. The first-order valence-electron chi connectivity index (χ1n) is 5.74. The third-order valence-electron chi connectivity index (χ3n) is 3.29. The molecule has 0 aromatic rings. The predicted molar refractivity (Wildman–Crippen MR) is 63.2 cm³/mol. The van der Waals surface area contributed by atoms with E-state index in [1.807, 2.05) is 0 Å². The van der Waals surface area contributed by atoms with Crippen molar-refractivity contribution in [2.75, 3.05) is 0 Å². The van der Waals surface area contributed by atoms with Crippen LogP contribution < -0.4 is 4.72 Å². The normalized spacial score (nSPS) is 23.3. The van der Waals surface area contributed by atoms with Crippen molar-refractivity contribution in [1.29, 1.82) is 0 Å². The minimum atomic E-state index is -3.09. The maximum Gasteiger partial charge on any atom is 0.214 e. The highest BCUT2D eigenvalue weighted by Crippen LogP contribution is 2.35. The Hall–Kier alpha value is -0.0900. The van der Waals surface area contributed by atoms with Crippen LogP contribution in [0.3, 0.4) is 0 Å². The molecular weight excluding hydrogens is 210 g/mol. The molecule has 0 aromatic carbocycles. The van der Waals surface area contributed by atoms with Gasteiger partial charge in [0.2, 0.25) is 10.0 Å². The molecule has 0 aliphatic heterocycles. The lowest BCUT2D eigenvalue weighted by atomic mass is 9.76. The van der Waals surface area contributed by atoms with Crippen LogP contribution in [0.15, 0.2) is 0 Å². The van der Waals surface area contributed by atoms with Crippen molar-refractivity contribution < 1.29 is 8.42 Å². The summed E-state index contributed by atoms with van der Waals surface area (Å²) >= 11 is 0. The van der Waals surface area contributed by atoms with Crippen molar-refractivity contribution in [3.05, 3.63) is 0 Å². The molecule has 1 aliphatic rings. The largest absolute Gasteiger partial charge is 0.214 e. The summed E-state index contributed by atoms with van der Waals surface area (Å²) in [5, 5.41) is -0.326. The fourth-order valence-electron chi connectivity index (χ4n) is 1.89. The number of rotatable bonds is 3. The third-order valence-corrected chi connectivity index (χ3v) is 5.19. The van der Waals surface area contributed by atoms with Crippen molar-refractivity contribution in [2.45, 2.75) is 64.7 Å². The maximum absolute atomic E-state index is 11.6. The standard InChI is InChI=1S/C11H23NO2S/c1-9(2)15(13,14)12-10-5-7-11(3,4)8-6-10/h9-10,12H,5-8H2,1-4H3. The van der Waals surface area contributed by atoms with Crippen molar-refractivity contribution in [1.82, 2.24) is 4.72 Å². The van der Waals surface area contributed by atoms with Gasteiger partial charge < -0.3 is 0 Å². The maximum atomic E-state index is 11.6. The first kappa shape index (κ1) is 13.0. The second kappa shape index (κ2) is 4.42. The van der Waals surface area contributed by atoms with Crippen molar-refractivity contribution in [2.24, 2.45) is 5.41 Å². The van der Waals surface area contributed by atoms with Gasteiger partial charge in [-0.3, -0.25) is 0 Å². The molecular formula is C11H23NO2S. The molecule has 0 saturated heterocycles. The molecule has 90 valence electrons. The molecule has 3 nitrogen and oxygen atoms in total. The highest BCUT2D eigenvalue weighted by Gasteiger charge is 2.29. The summed E-state index contributed by atoms with van der Waals surface area (Å²) in [6.45, 7) is 7.94. The Labute approximate surface area is 93.7 Å². The second-order valence-corrected chi connectivity index (χ2v) is 7.92. The summed E-state index contributed by atoms with van der Waals surface area (Å²) in [7, 11) is -3.09. The van der Waals surface area contributed by atoms with E-state index in [9.17, 15) is 8.42 Å². The monoisotopic (exact) mass is 233 g/mol. The zero-order valence-electron chi connectivity index (χ0n) is 10.2. The highest BCUT2D eigenvalue weighted by molar-refractivity contribution is 7.90. The van der Waals surface area contributed by atoms with Gasteiger partial charge in [-0.25, -0.2) is 13.1 Å². The molecule has 1 rings (SSSR count). The van der Waals surface area contributed by atoms with E-state index in [0.717, 1.165) is 25.7 Å². The van der Waals surface area contributed by atoms with Crippen LogP contribution in [0.25, 0.3) is 0 Å². The molecule has 1 N–H and O–H groups in total. The van der Waals surface area contributed by atoms with E-state index in [2.05, 4.69) is 18.6 Å². The predicted octanol–water partition coefficient (Wildman–Crippen LogP) is 2.28. The van der Waals surface area contributed by atoms with Gasteiger partial charge in [0.25, 0.3) is 0 Å².